The third kappa shape index (κ3) is 2.20. The number of rotatable bonds is 5. The molecule has 0 radical (unpaired) electrons. The maximum atomic E-state index is 8.94. The van der Waals surface area contributed by atoms with E-state index >= 15 is 0 Å². The second-order valence-corrected chi connectivity index (χ2v) is 3.95. The first-order valence-corrected chi connectivity index (χ1v) is 4.97. The molecule has 1 fully saturated rings. The number of ether oxygens (including phenoxy) is 1. The molecule has 1 N–H and O–H groups in total. The van der Waals surface area contributed by atoms with E-state index in [2.05, 4.69) is 20.8 Å². The number of aliphatic hydroxyl groups is 1. The Morgan fingerprint density at radius 2 is 2.08 bits per heavy atom. The summed E-state index contributed by atoms with van der Waals surface area (Å²) in [5.41, 5.74) is 0. The van der Waals surface area contributed by atoms with Crippen LogP contribution in [0.15, 0.2) is 0 Å². The van der Waals surface area contributed by atoms with Crippen molar-refractivity contribution in [2.75, 3.05) is 6.61 Å². The normalized spacial score (nSPS) is 33.0. The molecular weight excluding hydrogens is 152 g/mol. The molecular formula is C10H20O2. The molecule has 0 spiro atoms. The van der Waals surface area contributed by atoms with E-state index < -0.39 is 0 Å². The van der Waals surface area contributed by atoms with E-state index in [9.17, 15) is 0 Å². The molecule has 2 nitrogen and oxygen atoms in total. The van der Waals surface area contributed by atoms with Crippen molar-refractivity contribution in [1.82, 2.24) is 0 Å². The van der Waals surface area contributed by atoms with Gasteiger partial charge < -0.3 is 9.84 Å². The molecule has 4 atom stereocenters. The zero-order chi connectivity index (χ0) is 9.14. The molecule has 1 aliphatic heterocycles. The van der Waals surface area contributed by atoms with Gasteiger partial charge in [0.1, 0.15) is 0 Å². The molecule has 0 aromatic heterocycles. The maximum Gasteiger partial charge on any atom is 0.0870 e. The van der Waals surface area contributed by atoms with Crippen LogP contribution in [0.2, 0.25) is 0 Å². The third-order valence-electron chi connectivity index (χ3n) is 2.90. The summed E-state index contributed by atoms with van der Waals surface area (Å²) in [4.78, 5) is 0. The average molecular weight is 172 g/mol. The van der Waals surface area contributed by atoms with E-state index in [0.717, 1.165) is 0 Å². The van der Waals surface area contributed by atoms with E-state index in [1.807, 2.05) is 0 Å². The fourth-order valence-electron chi connectivity index (χ4n) is 1.63. The van der Waals surface area contributed by atoms with Crippen LogP contribution in [0.3, 0.4) is 0 Å². The van der Waals surface area contributed by atoms with Crippen molar-refractivity contribution in [3.05, 3.63) is 0 Å². The van der Waals surface area contributed by atoms with E-state index in [4.69, 9.17) is 9.84 Å². The van der Waals surface area contributed by atoms with Crippen LogP contribution in [-0.2, 0) is 4.74 Å². The molecule has 4 unspecified atom stereocenters. The van der Waals surface area contributed by atoms with Gasteiger partial charge in [-0.25, -0.2) is 0 Å². The molecule has 12 heavy (non-hydrogen) atoms. The first kappa shape index (κ1) is 10.0. The lowest BCUT2D eigenvalue weighted by Crippen LogP contribution is -2.18. The molecule has 0 aliphatic carbocycles. The van der Waals surface area contributed by atoms with E-state index in [0.29, 0.717) is 24.0 Å². The Bertz CT molecular complexity index is 136. The summed E-state index contributed by atoms with van der Waals surface area (Å²) in [7, 11) is 0. The van der Waals surface area contributed by atoms with E-state index in [1.54, 1.807) is 0 Å². The van der Waals surface area contributed by atoms with Crippen molar-refractivity contribution in [3.63, 3.8) is 0 Å². The minimum Gasteiger partial charge on any atom is -0.396 e. The minimum atomic E-state index is 0.278. The molecule has 0 saturated carbocycles. The van der Waals surface area contributed by atoms with Crippen LogP contribution in [-0.4, -0.2) is 23.9 Å². The lowest BCUT2D eigenvalue weighted by molar-refractivity contribution is 0.173. The van der Waals surface area contributed by atoms with E-state index in [1.165, 1.54) is 12.8 Å². The highest BCUT2D eigenvalue weighted by Crippen LogP contribution is 2.35. The Morgan fingerprint density at radius 1 is 1.42 bits per heavy atom. The van der Waals surface area contributed by atoms with Gasteiger partial charge in [0.15, 0.2) is 0 Å². The molecule has 1 saturated heterocycles. The highest BCUT2D eigenvalue weighted by atomic mass is 16.6. The molecule has 72 valence electrons. The summed E-state index contributed by atoms with van der Waals surface area (Å²) < 4.78 is 5.53. The Hall–Kier alpha value is -0.0800. The standard InChI is InChI=1S/C10H20O2/c1-4-5-9-10(12-9)8(3)7(2)6-11/h7-11H,4-6H2,1-3H3. The smallest absolute Gasteiger partial charge is 0.0870 e. The highest BCUT2D eigenvalue weighted by molar-refractivity contribution is 4.89. The van der Waals surface area contributed by atoms with Gasteiger partial charge in [-0.3, -0.25) is 0 Å². The minimum absolute atomic E-state index is 0.278. The Morgan fingerprint density at radius 3 is 2.58 bits per heavy atom. The molecule has 1 rings (SSSR count). The van der Waals surface area contributed by atoms with Gasteiger partial charge in [-0.05, 0) is 18.3 Å². The van der Waals surface area contributed by atoms with Gasteiger partial charge in [-0.15, -0.1) is 0 Å². The van der Waals surface area contributed by atoms with Gasteiger partial charge in [-0.1, -0.05) is 27.2 Å². The predicted molar refractivity (Wildman–Crippen MR) is 49.0 cm³/mol. The van der Waals surface area contributed by atoms with Gasteiger partial charge in [0, 0.05) is 6.61 Å². The maximum absolute atomic E-state index is 8.94. The summed E-state index contributed by atoms with van der Waals surface area (Å²) in [6.45, 7) is 6.70. The lowest BCUT2D eigenvalue weighted by Gasteiger charge is -2.14. The lowest BCUT2D eigenvalue weighted by atomic mass is 9.91. The van der Waals surface area contributed by atoms with Crippen molar-refractivity contribution < 1.29 is 9.84 Å². The van der Waals surface area contributed by atoms with Crippen LogP contribution in [0, 0.1) is 11.8 Å². The molecule has 1 heterocycles. The molecule has 1 aliphatic rings. The van der Waals surface area contributed by atoms with Gasteiger partial charge in [0.2, 0.25) is 0 Å². The summed E-state index contributed by atoms with van der Waals surface area (Å²) in [5.74, 6) is 0.878. The Labute approximate surface area is 74.9 Å². The summed E-state index contributed by atoms with van der Waals surface area (Å²) in [6, 6.07) is 0. The largest absolute Gasteiger partial charge is 0.396 e. The van der Waals surface area contributed by atoms with Crippen LogP contribution in [0.1, 0.15) is 33.6 Å². The monoisotopic (exact) mass is 172 g/mol. The van der Waals surface area contributed by atoms with Crippen LogP contribution in [0.25, 0.3) is 0 Å². The second kappa shape index (κ2) is 4.24. The Kier molecular flexibility index (Phi) is 3.53. The average Bonchev–Trinajstić information content (AvgIpc) is 2.82. The van der Waals surface area contributed by atoms with Crippen LogP contribution >= 0.6 is 0 Å². The Balaban J connectivity index is 2.23. The van der Waals surface area contributed by atoms with Gasteiger partial charge in [0.25, 0.3) is 0 Å². The third-order valence-corrected chi connectivity index (χ3v) is 2.90. The molecule has 0 bridgehead atoms. The van der Waals surface area contributed by atoms with Gasteiger partial charge >= 0.3 is 0 Å². The van der Waals surface area contributed by atoms with Crippen molar-refractivity contribution in [3.8, 4) is 0 Å². The van der Waals surface area contributed by atoms with E-state index in [-0.39, 0.29) is 6.61 Å². The van der Waals surface area contributed by atoms with Crippen molar-refractivity contribution >= 4 is 0 Å². The molecule has 2 heteroatoms. The quantitative estimate of drug-likeness (QED) is 0.642. The SMILES string of the molecule is CCCC1OC1C(C)C(C)CO. The van der Waals surface area contributed by atoms with Crippen LogP contribution in [0.5, 0.6) is 0 Å². The summed E-state index contributed by atoms with van der Waals surface area (Å²) >= 11 is 0. The fourth-order valence-corrected chi connectivity index (χ4v) is 1.63. The first-order valence-electron chi connectivity index (χ1n) is 4.97. The fraction of sp³-hybridized carbons (Fsp3) is 1.00. The highest BCUT2D eigenvalue weighted by Gasteiger charge is 2.43. The number of hydrogen-bond donors (Lipinski definition) is 1. The van der Waals surface area contributed by atoms with Crippen LogP contribution < -0.4 is 0 Å². The molecule has 0 aromatic carbocycles. The van der Waals surface area contributed by atoms with Crippen LogP contribution in [0.4, 0.5) is 0 Å². The first-order chi connectivity index (χ1) is 5.70. The number of epoxide rings is 1. The summed E-state index contributed by atoms with van der Waals surface area (Å²) in [5, 5.41) is 8.94. The summed E-state index contributed by atoms with van der Waals surface area (Å²) in [6.07, 6.45) is 3.28. The topological polar surface area (TPSA) is 32.8 Å². The number of hydrogen-bond acceptors (Lipinski definition) is 2. The van der Waals surface area contributed by atoms with Gasteiger partial charge in [-0.2, -0.15) is 0 Å². The predicted octanol–water partition coefficient (Wildman–Crippen LogP) is 1.82. The zero-order valence-corrected chi connectivity index (χ0v) is 8.29. The molecule has 0 aromatic rings. The number of aliphatic hydroxyl groups excluding tert-OH is 1. The second-order valence-electron chi connectivity index (χ2n) is 3.95. The van der Waals surface area contributed by atoms with Crippen molar-refractivity contribution in [1.29, 1.82) is 0 Å². The molecule has 0 amide bonds. The van der Waals surface area contributed by atoms with Crippen molar-refractivity contribution in [2.45, 2.75) is 45.8 Å². The zero-order valence-electron chi connectivity index (χ0n) is 8.29. The van der Waals surface area contributed by atoms with Gasteiger partial charge in [0.05, 0.1) is 12.2 Å². The van der Waals surface area contributed by atoms with Crippen molar-refractivity contribution in [2.24, 2.45) is 11.8 Å².